The van der Waals surface area contributed by atoms with E-state index in [2.05, 4.69) is 15.9 Å². The van der Waals surface area contributed by atoms with E-state index in [0.717, 1.165) is 6.07 Å². The van der Waals surface area contributed by atoms with Crippen LogP contribution in [0.2, 0.25) is 0 Å². The molecule has 0 unspecified atom stereocenters. The second-order valence-corrected chi connectivity index (χ2v) is 3.63. The van der Waals surface area contributed by atoms with E-state index < -0.39 is 23.6 Å². The van der Waals surface area contributed by atoms with E-state index in [1.54, 1.807) is 6.92 Å². The molecule has 0 N–H and O–H groups in total. The third-order valence-electron chi connectivity index (χ3n) is 1.80. The second kappa shape index (κ2) is 5.34. The first-order chi connectivity index (χ1) is 7.49. The van der Waals surface area contributed by atoms with Crippen LogP contribution in [0.3, 0.4) is 0 Å². The van der Waals surface area contributed by atoms with Crippen molar-refractivity contribution in [3.63, 3.8) is 0 Å². The van der Waals surface area contributed by atoms with Crippen LogP contribution in [0.1, 0.15) is 17.3 Å². The molecule has 1 aromatic rings. The van der Waals surface area contributed by atoms with Crippen LogP contribution in [0.25, 0.3) is 0 Å². The first kappa shape index (κ1) is 13.0. The van der Waals surface area contributed by atoms with E-state index in [1.165, 1.54) is 6.07 Å². The Morgan fingerprint density at radius 3 is 2.62 bits per heavy atom. The molecule has 0 radical (unpaired) electrons. The number of rotatable bonds is 4. The molecule has 2 nitrogen and oxygen atoms in total. The average Bonchev–Trinajstić information content (AvgIpc) is 2.22. The highest BCUT2D eigenvalue weighted by Gasteiger charge is 2.26. The molecule has 0 atom stereocenters. The fraction of sp³-hybridized carbons (Fsp3) is 0.300. The van der Waals surface area contributed by atoms with Crippen LogP contribution in [-0.4, -0.2) is 18.8 Å². The van der Waals surface area contributed by atoms with Gasteiger partial charge in [0.1, 0.15) is 11.6 Å². The molecule has 0 amide bonds. The van der Waals surface area contributed by atoms with Gasteiger partial charge in [0.2, 0.25) is 5.78 Å². The van der Waals surface area contributed by atoms with Crippen molar-refractivity contribution < 1.29 is 22.7 Å². The molecule has 1 aromatic carbocycles. The molecular formula is C10H8BrF3O2. The first-order valence-electron chi connectivity index (χ1n) is 4.42. The topological polar surface area (TPSA) is 26.3 Å². The molecule has 0 saturated heterocycles. The highest BCUT2D eigenvalue weighted by Crippen LogP contribution is 2.32. The Kier molecular flexibility index (Phi) is 4.35. The largest absolute Gasteiger partial charge is 0.493 e. The van der Waals surface area contributed by atoms with Gasteiger partial charge in [-0.2, -0.15) is 0 Å². The van der Waals surface area contributed by atoms with Crippen LogP contribution in [-0.2, 0) is 0 Å². The van der Waals surface area contributed by atoms with Gasteiger partial charge < -0.3 is 4.74 Å². The van der Waals surface area contributed by atoms with Crippen LogP contribution >= 0.6 is 15.9 Å². The number of carbonyl (C=O) groups excluding carboxylic acids is 1. The van der Waals surface area contributed by atoms with E-state index in [4.69, 9.17) is 4.74 Å². The summed E-state index contributed by atoms with van der Waals surface area (Å²) in [6, 6.07) is 2.19. The van der Waals surface area contributed by atoms with Crippen molar-refractivity contribution >= 4 is 21.7 Å². The second-order valence-electron chi connectivity index (χ2n) is 2.83. The van der Waals surface area contributed by atoms with Gasteiger partial charge in [-0.15, -0.1) is 0 Å². The number of Topliss-reactive ketones (excluding diaryl/α,β-unsaturated/α-hetero) is 1. The third kappa shape index (κ3) is 2.55. The Morgan fingerprint density at radius 1 is 1.50 bits per heavy atom. The maximum absolute atomic E-state index is 13.2. The van der Waals surface area contributed by atoms with Crippen molar-refractivity contribution in [3.05, 3.63) is 28.0 Å². The van der Waals surface area contributed by atoms with Crippen molar-refractivity contribution in [3.8, 4) is 5.75 Å². The molecule has 0 saturated carbocycles. The molecule has 0 bridgehead atoms. The maximum atomic E-state index is 13.2. The Balaban J connectivity index is 3.26. The Labute approximate surface area is 98.5 Å². The summed E-state index contributed by atoms with van der Waals surface area (Å²) in [6.45, 7) is 1.97. The molecule has 0 aromatic heterocycles. The summed E-state index contributed by atoms with van der Waals surface area (Å²) < 4.78 is 42.6. The smallest absolute Gasteiger partial charge is 0.300 e. The zero-order chi connectivity index (χ0) is 12.3. The molecule has 0 heterocycles. The van der Waals surface area contributed by atoms with E-state index >= 15 is 0 Å². The summed E-state index contributed by atoms with van der Waals surface area (Å²) in [5, 5.41) is 0. The standard InChI is InChI=1S/C10H8BrF3O2/c1-2-16-6-4-3-5(12)7(8(6)11)9(15)10(13)14/h3-4,10H,2H2,1H3. The van der Waals surface area contributed by atoms with Crippen LogP contribution in [0.15, 0.2) is 16.6 Å². The minimum atomic E-state index is -3.25. The van der Waals surface area contributed by atoms with Gasteiger partial charge in [-0.3, -0.25) is 4.79 Å². The van der Waals surface area contributed by atoms with Gasteiger partial charge >= 0.3 is 6.43 Å². The van der Waals surface area contributed by atoms with Crippen molar-refractivity contribution in [1.82, 2.24) is 0 Å². The van der Waals surface area contributed by atoms with E-state index in [0.29, 0.717) is 0 Å². The van der Waals surface area contributed by atoms with E-state index in [9.17, 15) is 18.0 Å². The van der Waals surface area contributed by atoms with Gasteiger partial charge in [-0.05, 0) is 35.0 Å². The number of alkyl halides is 2. The van der Waals surface area contributed by atoms with Crippen molar-refractivity contribution in [2.24, 2.45) is 0 Å². The predicted molar refractivity (Wildman–Crippen MR) is 55.6 cm³/mol. The summed E-state index contributed by atoms with van der Waals surface area (Å²) in [5.41, 5.74) is -0.680. The number of halogens is 4. The third-order valence-corrected chi connectivity index (χ3v) is 2.59. The summed E-state index contributed by atoms with van der Waals surface area (Å²) in [5.74, 6) is -2.40. The fourth-order valence-corrected chi connectivity index (χ4v) is 1.77. The summed E-state index contributed by atoms with van der Waals surface area (Å²) in [6.07, 6.45) is -3.25. The number of benzene rings is 1. The Hall–Kier alpha value is -1.04. The van der Waals surface area contributed by atoms with Crippen LogP contribution in [0.5, 0.6) is 5.75 Å². The number of ketones is 1. The minimum Gasteiger partial charge on any atom is -0.493 e. The normalized spacial score (nSPS) is 10.6. The van der Waals surface area contributed by atoms with Gasteiger partial charge in [0.05, 0.1) is 16.6 Å². The van der Waals surface area contributed by atoms with Crippen molar-refractivity contribution in [2.75, 3.05) is 6.61 Å². The minimum absolute atomic E-state index is 0.0837. The van der Waals surface area contributed by atoms with Gasteiger partial charge in [0.25, 0.3) is 0 Å². The lowest BCUT2D eigenvalue weighted by atomic mass is 10.1. The Bertz CT molecular complexity index is 407. The fourth-order valence-electron chi connectivity index (χ4n) is 1.14. The number of hydrogen-bond donors (Lipinski definition) is 0. The van der Waals surface area contributed by atoms with Gasteiger partial charge in [0, 0.05) is 0 Å². The molecule has 88 valence electrons. The lowest BCUT2D eigenvalue weighted by molar-refractivity contribution is 0.0672. The zero-order valence-corrected chi connectivity index (χ0v) is 9.85. The lowest BCUT2D eigenvalue weighted by Gasteiger charge is -2.10. The van der Waals surface area contributed by atoms with Gasteiger partial charge in [-0.1, -0.05) is 0 Å². The SMILES string of the molecule is CCOc1ccc(F)c(C(=O)C(F)F)c1Br. The van der Waals surface area contributed by atoms with Gasteiger partial charge in [-0.25, -0.2) is 13.2 Å². The molecule has 6 heteroatoms. The molecule has 0 aliphatic rings. The lowest BCUT2D eigenvalue weighted by Crippen LogP contribution is -2.13. The number of carbonyl (C=O) groups is 1. The summed E-state index contributed by atoms with van der Waals surface area (Å²) in [4.78, 5) is 11.1. The van der Waals surface area contributed by atoms with Crippen LogP contribution in [0.4, 0.5) is 13.2 Å². The van der Waals surface area contributed by atoms with E-state index in [-0.39, 0.29) is 16.8 Å². The Morgan fingerprint density at radius 2 is 2.12 bits per heavy atom. The van der Waals surface area contributed by atoms with Crippen LogP contribution in [0, 0.1) is 5.82 Å². The zero-order valence-electron chi connectivity index (χ0n) is 8.27. The molecule has 0 spiro atoms. The molecule has 1 rings (SSSR count). The highest BCUT2D eigenvalue weighted by atomic mass is 79.9. The average molecular weight is 297 g/mol. The predicted octanol–water partition coefficient (Wildman–Crippen LogP) is 3.43. The molecular weight excluding hydrogens is 289 g/mol. The van der Waals surface area contributed by atoms with Crippen molar-refractivity contribution in [2.45, 2.75) is 13.3 Å². The molecule has 0 fully saturated rings. The summed E-state index contributed by atoms with van der Waals surface area (Å²) in [7, 11) is 0. The maximum Gasteiger partial charge on any atom is 0.300 e. The highest BCUT2D eigenvalue weighted by molar-refractivity contribution is 9.10. The number of ether oxygens (including phenoxy) is 1. The molecule has 0 aliphatic carbocycles. The monoisotopic (exact) mass is 296 g/mol. The van der Waals surface area contributed by atoms with Gasteiger partial charge in [0.15, 0.2) is 0 Å². The van der Waals surface area contributed by atoms with Crippen molar-refractivity contribution in [1.29, 1.82) is 0 Å². The van der Waals surface area contributed by atoms with Crippen LogP contribution < -0.4 is 4.74 Å². The van der Waals surface area contributed by atoms with E-state index in [1.807, 2.05) is 0 Å². The number of hydrogen-bond acceptors (Lipinski definition) is 2. The molecule has 0 aliphatic heterocycles. The summed E-state index contributed by atoms with van der Waals surface area (Å²) >= 11 is 2.88. The molecule has 16 heavy (non-hydrogen) atoms. The quantitative estimate of drug-likeness (QED) is 0.796. The first-order valence-corrected chi connectivity index (χ1v) is 5.21.